The Morgan fingerprint density at radius 1 is 1.19 bits per heavy atom. The number of anilines is 1. The van der Waals surface area contributed by atoms with Gasteiger partial charge < -0.3 is 20.7 Å². The molecule has 2 aromatic carbocycles. The predicted molar refractivity (Wildman–Crippen MR) is 95.1 cm³/mol. The van der Waals surface area contributed by atoms with Crippen LogP contribution in [-0.2, 0) is 4.79 Å². The van der Waals surface area contributed by atoms with Gasteiger partial charge >= 0.3 is 6.03 Å². The second-order valence-corrected chi connectivity index (χ2v) is 5.79. The summed E-state index contributed by atoms with van der Waals surface area (Å²) in [5, 5.41) is 7.79. The molecule has 134 valence electrons. The molecule has 1 aliphatic heterocycles. The van der Waals surface area contributed by atoms with Gasteiger partial charge in [0.05, 0.1) is 18.8 Å². The predicted octanol–water partition coefficient (Wildman–Crippen LogP) is 2.96. The molecule has 0 unspecified atom stereocenters. The zero-order valence-corrected chi connectivity index (χ0v) is 14.1. The average Bonchev–Trinajstić information content (AvgIpc) is 2.62. The van der Waals surface area contributed by atoms with Gasteiger partial charge in [0.15, 0.2) is 0 Å². The minimum atomic E-state index is -0.858. The lowest BCUT2D eigenvalue weighted by Crippen LogP contribution is -2.51. The molecule has 0 saturated carbocycles. The van der Waals surface area contributed by atoms with Crippen LogP contribution >= 0.6 is 0 Å². The topological polar surface area (TPSA) is 79.5 Å². The van der Waals surface area contributed by atoms with Gasteiger partial charge in [-0.05, 0) is 18.2 Å². The monoisotopic (exact) mass is 355 g/mol. The van der Waals surface area contributed by atoms with E-state index in [1.165, 1.54) is 25.3 Å². The van der Waals surface area contributed by atoms with E-state index in [0.717, 1.165) is 0 Å². The number of halogens is 1. The fourth-order valence-electron chi connectivity index (χ4n) is 2.95. The maximum atomic E-state index is 13.9. The summed E-state index contributed by atoms with van der Waals surface area (Å²) in [6.07, 6.45) is 0. The van der Waals surface area contributed by atoms with Crippen molar-refractivity contribution in [2.24, 2.45) is 5.92 Å². The molecule has 1 saturated heterocycles. The zero-order chi connectivity index (χ0) is 18.7. The van der Waals surface area contributed by atoms with E-state index in [1.807, 2.05) is 0 Å². The summed E-state index contributed by atoms with van der Waals surface area (Å²) in [5.41, 5.74) is 0.902. The maximum Gasteiger partial charge on any atom is 0.319 e. The summed E-state index contributed by atoms with van der Waals surface area (Å²) in [5.74, 6) is -1.38. The zero-order valence-electron chi connectivity index (χ0n) is 14.1. The Morgan fingerprint density at radius 2 is 1.88 bits per heavy atom. The van der Waals surface area contributed by atoms with Crippen LogP contribution in [0.4, 0.5) is 14.9 Å². The number of hydrogen-bond acceptors (Lipinski definition) is 3. The number of amides is 3. The van der Waals surface area contributed by atoms with Gasteiger partial charge in [-0.25, -0.2) is 9.18 Å². The van der Waals surface area contributed by atoms with Crippen molar-refractivity contribution in [3.05, 3.63) is 72.2 Å². The van der Waals surface area contributed by atoms with Crippen LogP contribution in [0.15, 0.2) is 60.8 Å². The summed E-state index contributed by atoms with van der Waals surface area (Å²) in [6.45, 7) is 3.80. The normalized spacial score (nSPS) is 19.3. The summed E-state index contributed by atoms with van der Waals surface area (Å²) in [4.78, 5) is 24.8. The fourth-order valence-corrected chi connectivity index (χ4v) is 2.95. The van der Waals surface area contributed by atoms with Gasteiger partial charge in [-0.3, -0.25) is 4.79 Å². The largest absolute Gasteiger partial charge is 0.496 e. The summed E-state index contributed by atoms with van der Waals surface area (Å²) in [7, 11) is 1.50. The minimum absolute atomic E-state index is 0.0565. The molecule has 26 heavy (non-hydrogen) atoms. The number of ether oxygens (including phenoxy) is 1. The molecule has 6 nitrogen and oxygen atoms in total. The van der Waals surface area contributed by atoms with Crippen LogP contribution in [-0.4, -0.2) is 19.0 Å². The van der Waals surface area contributed by atoms with Crippen LogP contribution in [0, 0.1) is 11.7 Å². The number of urea groups is 1. The first kappa shape index (κ1) is 17.5. The van der Waals surface area contributed by atoms with Gasteiger partial charge in [-0.1, -0.05) is 36.9 Å². The number of methoxy groups -OCH3 is 1. The first-order valence-corrected chi connectivity index (χ1v) is 7.96. The lowest BCUT2D eigenvalue weighted by atomic mass is 9.87. The van der Waals surface area contributed by atoms with Crippen molar-refractivity contribution in [1.29, 1.82) is 0 Å². The Bertz CT molecular complexity index is 869. The highest BCUT2D eigenvalue weighted by Crippen LogP contribution is 2.35. The van der Waals surface area contributed by atoms with E-state index in [4.69, 9.17) is 4.74 Å². The highest BCUT2D eigenvalue weighted by Gasteiger charge is 2.39. The SMILES string of the molecule is C=C1NC(=O)N[C@H](c2ccccc2OC)[C@H]1C(=O)Nc1ccccc1F. The number of carbonyl (C=O) groups excluding carboxylic acids is 2. The molecule has 2 aromatic rings. The van der Waals surface area contributed by atoms with Crippen LogP contribution in [0.5, 0.6) is 5.75 Å². The van der Waals surface area contributed by atoms with Gasteiger partial charge in [0.2, 0.25) is 5.91 Å². The first-order chi connectivity index (χ1) is 12.5. The minimum Gasteiger partial charge on any atom is -0.496 e. The molecule has 0 spiro atoms. The van der Waals surface area contributed by atoms with Crippen molar-refractivity contribution in [1.82, 2.24) is 10.6 Å². The lowest BCUT2D eigenvalue weighted by molar-refractivity contribution is -0.119. The molecule has 0 aromatic heterocycles. The number of rotatable bonds is 4. The standard InChI is InChI=1S/C19H18FN3O3/c1-11-16(18(24)22-14-9-5-4-8-13(14)20)17(23-19(25)21-11)12-7-3-6-10-15(12)26-2/h3-10,16-17H,1H2,2H3,(H,22,24)(H2,21,23,25)/t16-,17+/m0/s1. The highest BCUT2D eigenvalue weighted by atomic mass is 19.1. The number of hydrogen-bond donors (Lipinski definition) is 3. The van der Waals surface area contributed by atoms with E-state index in [9.17, 15) is 14.0 Å². The summed E-state index contributed by atoms with van der Waals surface area (Å²) >= 11 is 0. The molecule has 0 radical (unpaired) electrons. The second kappa shape index (κ2) is 7.26. The Morgan fingerprint density at radius 3 is 2.62 bits per heavy atom. The Kier molecular flexibility index (Phi) is 4.88. The third-order valence-electron chi connectivity index (χ3n) is 4.16. The van der Waals surface area contributed by atoms with Gasteiger partial charge in [0, 0.05) is 11.3 Å². The van der Waals surface area contributed by atoms with Gasteiger partial charge in [0.25, 0.3) is 0 Å². The van der Waals surface area contributed by atoms with Crippen molar-refractivity contribution in [3.63, 3.8) is 0 Å². The van der Waals surface area contributed by atoms with Crippen LogP contribution < -0.4 is 20.7 Å². The van der Waals surface area contributed by atoms with Crippen LogP contribution in [0.1, 0.15) is 11.6 Å². The molecule has 0 aliphatic carbocycles. The van der Waals surface area contributed by atoms with E-state index in [2.05, 4.69) is 22.5 Å². The van der Waals surface area contributed by atoms with Crippen molar-refractivity contribution in [3.8, 4) is 5.75 Å². The van der Waals surface area contributed by atoms with E-state index >= 15 is 0 Å². The lowest BCUT2D eigenvalue weighted by Gasteiger charge is -2.34. The Labute approximate surface area is 150 Å². The molecular weight excluding hydrogens is 337 g/mol. The number of benzene rings is 2. The molecule has 1 heterocycles. The van der Waals surface area contributed by atoms with E-state index in [1.54, 1.807) is 30.3 Å². The fraction of sp³-hybridized carbons (Fsp3) is 0.158. The van der Waals surface area contributed by atoms with E-state index in [0.29, 0.717) is 11.3 Å². The molecule has 3 amide bonds. The molecule has 3 rings (SSSR count). The van der Waals surface area contributed by atoms with Gasteiger partial charge in [-0.15, -0.1) is 0 Å². The van der Waals surface area contributed by atoms with Gasteiger partial charge in [0.1, 0.15) is 17.5 Å². The highest BCUT2D eigenvalue weighted by molar-refractivity contribution is 5.97. The molecule has 3 N–H and O–H groups in total. The molecule has 2 atom stereocenters. The van der Waals surface area contributed by atoms with Crippen LogP contribution in [0.3, 0.4) is 0 Å². The molecular formula is C19H18FN3O3. The number of para-hydroxylation sites is 2. The third kappa shape index (κ3) is 3.37. The van der Waals surface area contributed by atoms with E-state index in [-0.39, 0.29) is 11.4 Å². The Balaban J connectivity index is 1.95. The summed E-state index contributed by atoms with van der Waals surface area (Å²) < 4.78 is 19.2. The molecule has 1 aliphatic rings. The molecule has 7 heteroatoms. The van der Waals surface area contributed by atoms with Crippen molar-refractivity contribution in [2.45, 2.75) is 6.04 Å². The second-order valence-electron chi connectivity index (χ2n) is 5.79. The third-order valence-corrected chi connectivity index (χ3v) is 4.16. The van der Waals surface area contributed by atoms with Crippen LogP contribution in [0.25, 0.3) is 0 Å². The van der Waals surface area contributed by atoms with Crippen molar-refractivity contribution >= 4 is 17.6 Å². The van der Waals surface area contributed by atoms with Crippen LogP contribution in [0.2, 0.25) is 0 Å². The smallest absolute Gasteiger partial charge is 0.319 e. The van der Waals surface area contributed by atoms with Gasteiger partial charge in [-0.2, -0.15) is 0 Å². The molecule has 1 fully saturated rings. The average molecular weight is 355 g/mol. The van der Waals surface area contributed by atoms with Crippen molar-refractivity contribution < 1.29 is 18.7 Å². The van der Waals surface area contributed by atoms with Crippen molar-refractivity contribution in [2.75, 3.05) is 12.4 Å². The van der Waals surface area contributed by atoms with E-state index < -0.39 is 29.7 Å². The number of nitrogens with one attached hydrogen (secondary N) is 3. The summed E-state index contributed by atoms with van der Waals surface area (Å²) in [6, 6.07) is 11.7. The maximum absolute atomic E-state index is 13.9. The molecule has 0 bridgehead atoms. The number of carbonyl (C=O) groups is 2. The quantitative estimate of drug-likeness (QED) is 0.789. The Hall–Kier alpha value is -3.35. The first-order valence-electron chi connectivity index (χ1n) is 7.96.